The molecule has 0 radical (unpaired) electrons. The number of ether oxygens (including phenoxy) is 2. The van der Waals surface area contributed by atoms with E-state index in [1.807, 2.05) is 30.3 Å². The van der Waals surface area contributed by atoms with Crippen LogP contribution in [0.1, 0.15) is 39.2 Å². The molecule has 0 bridgehead atoms. The molecule has 28 heavy (non-hydrogen) atoms. The summed E-state index contributed by atoms with van der Waals surface area (Å²) in [6, 6.07) is 7.70. The summed E-state index contributed by atoms with van der Waals surface area (Å²) in [4.78, 5) is 36.7. The molecule has 0 fully saturated rings. The van der Waals surface area contributed by atoms with Crippen molar-refractivity contribution >= 4 is 17.8 Å². The van der Waals surface area contributed by atoms with E-state index in [0.717, 1.165) is 12.0 Å². The van der Waals surface area contributed by atoms with Gasteiger partial charge in [-0.25, -0.2) is 4.79 Å². The van der Waals surface area contributed by atoms with Crippen LogP contribution in [0.3, 0.4) is 0 Å². The quantitative estimate of drug-likeness (QED) is 0.590. The molecule has 1 amide bonds. The SMILES string of the molecule is COC(=O)C[C@H](NCCC(C)(C)C)C(=O)NC(Cc1ccccc1)C(=O)OC. The Bertz CT molecular complexity index is 640. The van der Waals surface area contributed by atoms with Crippen LogP contribution in [-0.4, -0.2) is 50.7 Å². The Kier molecular flexibility index (Phi) is 9.65. The minimum absolute atomic E-state index is 0.0845. The summed E-state index contributed by atoms with van der Waals surface area (Å²) in [5.41, 5.74) is 0.977. The molecule has 2 N–H and O–H groups in total. The van der Waals surface area contributed by atoms with Gasteiger partial charge in [-0.15, -0.1) is 0 Å². The number of hydrogen-bond acceptors (Lipinski definition) is 6. The van der Waals surface area contributed by atoms with Gasteiger partial charge in [-0.2, -0.15) is 0 Å². The molecule has 1 aromatic carbocycles. The minimum Gasteiger partial charge on any atom is -0.469 e. The molecule has 1 aromatic rings. The van der Waals surface area contributed by atoms with Gasteiger partial charge in [0.15, 0.2) is 0 Å². The number of carbonyl (C=O) groups excluding carboxylic acids is 3. The molecular formula is C21H32N2O5. The van der Waals surface area contributed by atoms with Gasteiger partial charge in [0.25, 0.3) is 0 Å². The van der Waals surface area contributed by atoms with E-state index in [2.05, 4.69) is 31.4 Å². The predicted octanol–water partition coefficient (Wildman–Crippen LogP) is 1.84. The van der Waals surface area contributed by atoms with E-state index < -0.39 is 29.9 Å². The van der Waals surface area contributed by atoms with Crippen molar-refractivity contribution in [3.8, 4) is 0 Å². The smallest absolute Gasteiger partial charge is 0.328 e. The van der Waals surface area contributed by atoms with Crippen molar-refractivity contribution in [2.75, 3.05) is 20.8 Å². The minimum atomic E-state index is -0.843. The van der Waals surface area contributed by atoms with Crippen LogP contribution < -0.4 is 10.6 Å². The third-order valence-electron chi connectivity index (χ3n) is 4.27. The van der Waals surface area contributed by atoms with Crippen molar-refractivity contribution in [2.45, 2.75) is 52.1 Å². The summed E-state index contributed by atoms with van der Waals surface area (Å²) in [5, 5.41) is 5.81. The predicted molar refractivity (Wildman–Crippen MR) is 107 cm³/mol. The lowest BCUT2D eigenvalue weighted by atomic mass is 9.92. The lowest BCUT2D eigenvalue weighted by Gasteiger charge is -2.24. The highest BCUT2D eigenvalue weighted by Gasteiger charge is 2.28. The first kappa shape index (κ1) is 23.6. The van der Waals surface area contributed by atoms with Crippen LogP contribution in [0.5, 0.6) is 0 Å². The third-order valence-corrected chi connectivity index (χ3v) is 4.27. The van der Waals surface area contributed by atoms with Gasteiger partial charge in [0.2, 0.25) is 5.91 Å². The Balaban J connectivity index is 2.83. The molecule has 7 heteroatoms. The zero-order valence-electron chi connectivity index (χ0n) is 17.4. The Hall–Kier alpha value is -2.41. The highest BCUT2D eigenvalue weighted by Crippen LogP contribution is 2.17. The van der Waals surface area contributed by atoms with Gasteiger partial charge >= 0.3 is 11.9 Å². The second-order valence-corrected chi connectivity index (χ2v) is 7.87. The zero-order chi connectivity index (χ0) is 21.2. The molecule has 0 spiro atoms. The Labute approximate surface area is 167 Å². The summed E-state index contributed by atoms with van der Waals surface area (Å²) >= 11 is 0. The van der Waals surface area contributed by atoms with E-state index in [1.165, 1.54) is 14.2 Å². The van der Waals surface area contributed by atoms with Crippen LogP contribution in [0, 0.1) is 5.41 Å². The lowest BCUT2D eigenvalue weighted by molar-refractivity contribution is -0.146. The monoisotopic (exact) mass is 392 g/mol. The molecule has 7 nitrogen and oxygen atoms in total. The Morgan fingerprint density at radius 2 is 1.64 bits per heavy atom. The van der Waals surface area contributed by atoms with Crippen molar-refractivity contribution in [3.63, 3.8) is 0 Å². The van der Waals surface area contributed by atoms with Gasteiger partial charge < -0.3 is 20.1 Å². The van der Waals surface area contributed by atoms with Gasteiger partial charge in [-0.1, -0.05) is 51.1 Å². The summed E-state index contributed by atoms with van der Waals surface area (Å²) in [6.07, 6.45) is 1.00. The standard InChI is InChI=1S/C21H32N2O5/c1-21(2,3)11-12-22-16(14-18(24)27-4)19(25)23-17(20(26)28-5)13-15-9-7-6-8-10-15/h6-10,16-17,22H,11-14H2,1-5H3,(H,23,25)/t16-,17?/m0/s1. The van der Waals surface area contributed by atoms with Crippen molar-refractivity contribution in [1.29, 1.82) is 0 Å². The molecule has 1 rings (SSSR count). The number of methoxy groups -OCH3 is 2. The number of hydrogen-bond donors (Lipinski definition) is 2. The second kappa shape index (κ2) is 11.4. The molecule has 0 saturated heterocycles. The van der Waals surface area contributed by atoms with E-state index in [9.17, 15) is 14.4 Å². The first-order chi connectivity index (χ1) is 13.2. The van der Waals surface area contributed by atoms with Gasteiger partial charge in [0.05, 0.1) is 26.7 Å². The maximum atomic E-state index is 12.8. The van der Waals surface area contributed by atoms with Crippen molar-refractivity contribution in [3.05, 3.63) is 35.9 Å². The molecule has 0 aliphatic carbocycles. The molecule has 0 saturated carbocycles. The summed E-state index contributed by atoms with van der Waals surface area (Å²) < 4.78 is 9.52. The topological polar surface area (TPSA) is 93.7 Å². The highest BCUT2D eigenvalue weighted by atomic mass is 16.5. The summed E-state index contributed by atoms with van der Waals surface area (Å²) in [5.74, 6) is -1.48. The van der Waals surface area contributed by atoms with Gasteiger partial charge in [-0.05, 0) is 23.9 Å². The molecule has 0 aliphatic rings. The van der Waals surface area contributed by atoms with Crippen LogP contribution in [0.2, 0.25) is 0 Å². The first-order valence-electron chi connectivity index (χ1n) is 9.38. The average Bonchev–Trinajstić information content (AvgIpc) is 2.65. The summed E-state index contributed by atoms with van der Waals surface area (Å²) in [7, 11) is 2.55. The van der Waals surface area contributed by atoms with Crippen molar-refractivity contribution < 1.29 is 23.9 Å². The van der Waals surface area contributed by atoms with Crippen LogP contribution in [-0.2, 0) is 30.3 Å². The zero-order valence-corrected chi connectivity index (χ0v) is 17.4. The number of amides is 1. The Morgan fingerprint density at radius 1 is 1.00 bits per heavy atom. The van der Waals surface area contributed by atoms with Crippen LogP contribution >= 0.6 is 0 Å². The average molecular weight is 392 g/mol. The fourth-order valence-electron chi connectivity index (χ4n) is 2.59. The van der Waals surface area contributed by atoms with E-state index in [4.69, 9.17) is 9.47 Å². The van der Waals surface area contributed by atoms with E-state index in [1.54, 1.807) is 0 Å². The summed E-state index contributed by atoms with van der Waals surface area (Å²) in [6.45, 7) is 6.84. The normalized spacial score (nSPS) is 13.3. The van der Waals surface area contributed by atoms with Gasteiger partial charge in [0.1, 0.15) is 6.04 Å². The van der Waals surface area contributed by atoms with Crippen LogP contribution in [0.4, 0.5) is 0 Å². The number of rotatable bonds is 10. The Morgan fingerprint density at radius 3 is 2.18 bits per heavy atom. The fraction of sp³-hybridized carbons (Fsp3) is 0.571. The van der Waals surface area contributed by atoms with E-state index in [0.29, 0.717) is 13.0 Å². The molecule has 0 heterocycles. The maximum absolute atomic E-state index is 12.8. The molecule has 156 valence electrons. The number of nitrogens with one attached hydrogen (secondary N) is 2. The third kappa shape index (κ3) is 8.99. The van der Waals surface area contributed by atoms with Crippen molar-refractivity contribution in [2.24, 2.45) is 5.41 Å². The van der Waals surface area contributed by atoms with Crippen LogP contribution in [0.15, 0.2) is 30.3 Å². The molecular weight excluding hydrogens is 360 g/mol. The fourth-order valence-corrected chi connectivity index (χ4v) is 2.59. The lowest BCUT2D eigenvalue weighted by Crippen LogP contribution is -2.52. The van der Waals surface area contributed by atoms with Gasteiger partial charge in [0, 0.05) is 6.42 Å². The van der Waals surface area contributed by atoms with E-state index in [-0.39, 0.29) is 11.8 Å². The second-order valence-electron chi connectivity index (χ2n) is 7.87. The van der Waals surface area contributed by atoms with Gasteiger partial charge in [-0.3, -0.25) is 9.59 Å². The van der Waals surface area contributed by atoms with Crippen molar-refractivity contribution in [1.82, 2.24) is 10.6 Å². The molecule has 2 atom stereocenters. The molecule has 0 aliphatic heterocycles. The van der Waals surface area contributed by atoms with Crippen LogP contribution in [0.25, 0.3) is 0 Å². The first-order valence-corrected chi connectivity index (χ1v) is 9.38. The highest BCUT2D eigenvalue weighted by molar-refractivity contribution is 5.90. The maximum Gasteiger partial charge on any atom is 0.328 e. The largest absolute Gasteiger partial charge is 0.469 e. The molecule has 0 aromatic heterocycles. The number of esters is 2. The molecule has 1 unspecified atom stereocenters. The number of carbonyl (C=O) groups is 3. The van der Waals surface area contributed by atoms with E-state index >= 15 is 0 Å². The number of benzene rings is 1.